The van der Waals surface area contributed by atoms with Crippen LogP contribution < -0.4 is 0 Å². The highest BCUT2D eigenvalue weighted by Gasteiger charge is 2.30. The standard InChI is InChI=1S/C14H18O8S2/c15-11(21-9-1-5-19-13(9)17)3-7-23-24-8-4-12(16)22-10-2-6-20-14(10)18/h9-10H,1-8H2. The Morgan fingerprint density at radius 1 is 0.875 bits per heavy atom. The molecule has 2 aliphatic heterocycles. The molecule has 2 unspecified atom stereocenters. The average molecular weight is 378 g/mol. The minimum Gasteiger partial charge on any atom is -0.463 e. The number of ether oxygens (including phenoxy) is 4. The van der Waals surface area contributed by atoms with Gasteiger partial charge in [0.05, 0.1) is 26.1 Å². The third kappa shape index (κ3) is 6.23. The van der Waals surface area contributed by atoms with Crippen molar-refractivity contribution < 1.29 is 38.1 Å². The zero-order valence-corrected chi connectivity index (χ0v) is 14.5. The van der Waals surface area contributed by atoms with Crippen molar-refractivity contribution in [3.05, 3.63) is 0 Å². The number of hydrogen-bond donors (Lipinski definition) is 0. The van der Waals surface area contributed by atoms with Crippen molar-refractivity contribution in [1.29, 1.82) is 0 Å². The Bertz CT molecular complexity index is 451. The maximum Gasteiger partial charge on any atom is 0.347 e. The normalized spacial score (nSPS) is 22.8. The fraction of sp³-hybridized carbons (Fsp3) is 0.714. The zero-order valence-electron chi connectivity index (χ0n) is 12.9. The Morgan fingerprint density at radius 2 is 1.29 bits per heavy atom. The Morgan fingerprint density at radius 3 is 1.62 bits per heavy atom. The second kappa shape index (κ2) is 9.77. The van der Waals surface area contributed by atoms with E-state index >= 15 is 0 Å². The lowest BCUT2D eigenvalue weighted by Crippen LogP contribution is -2.22. The summed E-state index contributed by atoms with van der Waals surface area (Å²) >= 11 is 0. The summed E-state index contributed by atoms with van der Waals surface area (Å²) in [6.07, 6.45) is -0.370. The lowest BCUT2D eigenvalue weighted by atomic mass is 10.3. The Labute approximate surface area is 146 Å². The molecule has 2 rings (SSSR count). The molecule has 0 bridgehead atoms. The number of rotatable bonds is 9. The van der Waals surface area contributed by atoms with Gasteiger partial charge in [0, 0.05) is 24.3 Å². The van der Waals surface area contributed by atoms with Crippen molar-refractivity contribution in [2.45, 2.75) is 37.9 Å². The van der Waals surface area contributed by atoms with Crippen molar-refractivity contribution in [2.75, 3.05) is 24.7 Å². The smallest absolute Gasteiger partial charge is 0.347 e. The maximum atomic E-state index is 11.5. The van der Waals surface area contributed by atoms with E-state index in [9.17, 15) is 19.2 Å². The first-order chi connectivity index (χ1) is 11.6. The molecule has 0 saturated carbocycles. The molecule has 0 radical (unpaired) electrons. The summed E-state index contributed by atoms with van der Waals surface area (Å²) in [6.45, 7) is 0.576. The summed E-state index contributed by atoms with van der Waals surface area (Å²) in [5, 5.41) is 0. The minimum atomic E-state index is -0.771. The molecule has 0 aromatic carbocycles. The Hall–Kier alpha value is -1.42. The second-order valence-electron chi connectivity index (χ2n) is 5.01. The van der Waals surface area contributed by atoms with Crippen LogP contribution in [0.5, 0.6) is 0 Å². The van der Waals surface area contributed by atoms with E-state index in [2.05, 4.69) is 0 Å². The van der Waals surface area contributed by atoms with Crippen LogP contribution in [-0.4, -0.2) is 60.8 Å². The van der Waals surface area contributed by atoms with E-state index in [1.807, 2.05) is 0 Å². The van der Waals surface area contributed by atoms with Gasteiger partial charge in [0.15, 0.2) is 0 Å². The van der Waals surface area contributed by atoms with Crippen LogP contribution in [0.4, 0.5) is 0 Å². The number of carbonyl (C=O) groups is 4. The number of cyclic esters (lactones) is 2. The number of carbonyl (C=O) groups excluding carboxylic acids is 4. The van der Waals surface area contributed by atoms with Crippen LogP contribution in [0.3, 0.4) is 0 Å². The Kier molecular flexibility index (Phi) is 7.70. The molecular formula is C14H18O8S2. The van der Waals surface area contributed by atoms with Crippen LogP contribution >= 0.6 is 21.6 Å². The summed E-state index contributed by atoms with van der Waals surface area (Å²) in [5.41, 5.74) is 0. The molecular weight excluding hydrogens is 360 g/mol. The molecule has 134 valence electrons. The molecule has 24 heavy (non-hydrogen) atoms. The van der Waals surface area contributed by atoms with Crippen LogP contribution in [0.1, 0.15) is 25.7 Å². The van der Waals surface area contributed by atoms with Gasteiger partial charge in [-0.3, -0.25) is 9.59 Å². The minimum absolute atomic E-state index is 0.180. The molecule has 0 aliphatic carbocycles. The van der Waals surface area contributed by atoms with Crippen molar-refractivity contribution in [3.8, 4) is 0 Å². The molecule has 2 fully saturated rings. The highest BCUT2D eigenvalue weighted by Crippen LogP contribution is 2.24. The van der Waals surface area contributed by atoms with Gasteiger partial charge in [-0.15, -0.1) is 0 Å². The largest absolute Gasteiger partial charge is 0.463 e. The van der Waals surface area contributed by atoms with Gasteiger partial charge in [0.1, 0.15) is 0 Å². The highest BCUT2D eigenvalue weighted by molar-refractivity contribution is 8.76. The average Bonchev–Trinajstić information content (AvgIpc) is 3.12. The summed E-state index contributed by atoms with van der Waals surface area (Å²) in [4.78, 5) is 45.4. The molecule has 2 aliphatic rings. The van der Waals surface area contributed by atoms with Gasteiger partial charge < -0.3 is 18.9 Å². The van der Waals surface area contributed by atoms with Crippen LogP contribution in [-0.2, 0) is 38.1 Å². The summed E-state index contributed by atoms with van der Waals surface area (Å²) in [7, 11) is 2.85. The van der Waals surface area contributed by atoms with Gasteiger partial charge in [0.25, 0.3) is 0 Å². The highest BCUT2D eigenvalue weighted by atomic mass is 33.1. The maximum absolute atomic E-state index is 11.5. The zero-order chi connectivity index (χ0) is 17.4. The first-order valence-corrected chi connectivity index (χ1v) is 10.0. The fourth-order valence-electron chi connectivity index (χ4n) is 1.97. The van der Waals surface area contributed by atoms with E-state index in [0.29, 0.717) is 24.3 Å². The molecule has 0 aromatic heterocycles. The molecule has 2 heterocycles. The third-order valence-corrected chi connectivity index (χ3v) is 5.59. The van der Waals surface area contributed by atoms with Crippen LogP contribution in [0.25, 0.3) is 0 Å². The predicted octanol–water partition coefficient (Wildman–Crippen LogP) is 0.865. The van der Waals surface area contributed by atoms with Gasteiger partial charge in [-0.25, -0.2) is 9.59 Å². The molecule has 2 saturated heterocycles. The van der Waals surface area contributed by atoms with Gasteiger partial charge >= 0.3 is 23.9 Å². The lowest BCUT2D eigenvalue weighted by Gasteiger charge is -2.08. The molecule has 2 atom stereocenters. The third-order valence-electron chi connectivity index (χ3n) is 3.18. The van der Waals surface area contributed by atoms with E-state index in [-0.39, 0.29) is 26.1 Å². The van der Waals surface area contributed by atoms with Crippen LogP contribution in [0.15, 0.2) is 0 Å². The van der Waals surface area contributed by atoms with E-state index in [1.165, 1.54) is 21.6 Å². The van der Waals surface area contributed by atoms with E-state index in [4.69, 9.17) is 18.9 Å². The number of hydrogen-bond acceptors (Lipinski definition) is 10. The monoisotopic (exact) mass is 378 g/mol. The molecule has 0 amide bonds. The summed E-state index contributed by atoms with van der Waals surface area (Å²) < 4.78 is 19.4. The molecule has 10 heteroatoms. The van der Waals surface area contributed by atoms with E-state index < -0.39 is 36.1 Å². The number of esters is 4. The van der Waals surface area contributed by atoms with Crippen molar-refractivity contribution >= 4 is 45.5 Å². The topological polar surface area (TPSA) is 105 Å². The predicted molar refractivity (Wildman–Crippen MR) is 85.1 cm³/mol. The summed E-state index contributed by atoms with van der Waals surface area (Å²) in [5.74, 6) is -0.841. The quantitative estimate of drug-likeness (QED) is 0.248. The second-order valence-corrected chi connectivity index (χ2v) is 7.72. The van der Waals surface area contributed by atoms with Gasteiger partial charge in [-0.1, -0.05) is 21.6 Å². The van der Waals surface area contributed by atoms with E-state index in [0.717, 1.165) is 0 Å². The summed E-state index contributed by atoms with van der Waals surface area (Å²) in [6, 6.07) is 0. The van der Waals surface area contributed by atoms with Crippen molar-refractivity contribution in [1.82, 2.24) is 0 Å². The van der Waals surface area contributed by atoms with Gasteiger partial charge in [0.2, 0.25) is 12.2 Å². The molecule has 8 nitrogen and oxygen atoms in total. The van der Waals surface area contributed by atoms with Gasteiger partial charge in [-0.2, -0.15) is 0 Å². The SMILES string of the molecule is O=C(CCSSCCC(=O)OC1CCOC1=O)OC1CCOC1=O. The van der Waals surface area contributed by atoms with E-state index in [1.54, 1.807) is 0 Å². The lowest BCUT2D eigenvalue weighted by molar-refractivity contribution is -0.159. The first-order valence-electron chi connectivity index (χ1n) is 7.53. The van der Waals surface area contributed by atoms with Crippen molar-refractivity contribution in [2.24, 2.45) is 0 Å². The molecule has 0 N–H and O–H groups in total. The van der Waals surface area contributed by atoms with Crippen LogP contribution in [0, 0.1) is 0 Å². The first kappa shape index (κ1) is 18.9. The fourth-order valence-corrected chi connectivity index (χ4v) is 3.91. The van der Waals surface area contributed by atoms with Crippen molar-refractivity contribution in [3.63, 3.8) is 0 Å². The van der Waals surface area contributed by atoms with Crippen LogP contribution in [0.2, 0.25) is 0 Å². The molecule has 0 aromatic rings. The molecule has 0 spiro atoms. The Balaban J connectivity index is 1.46. The van der Waals surface area contributed by atoms with Gasteiger partial charge in [-0.05, 0) is 0 Å².